The Kier molecular flexibility index (Phi) is 4.92. The molecule has 2 rings (SSSR count). The molecule has 0 spiro atoms. The molecule has 0 saturated heterocycles. The van der Waals surface area contributed by atoms with E-state index in [4.69, 9.17) is 11.5 Å². The molecule has 0 bridgehead atoms. The van der Waals surface area contributed by atoms with Crippen LogP contribution >= 0.6 is 31.9 Å². The molecule has 102 valence electrons. The minimum Gasteiger partial charge on any atom is -0.382 e. The lowest BCUT2D eigenvalue weighted by Crippen LogP contribution is -2.17. The molecule has 0 aromatic heterocycles. The zero-order valence-electron chi connectivity index (χ0n) is 10.4. The molecular formula is C14H12Br2N4. The van der Waals surface area contributed by atoms with Gasteiger partial charge in [-0.2, -0.15) is 0 Å². The molecule has 0 radical (unpaired) electrons. The summed E-state index contributed by atoms with van der Waals surface area (Å²) in [6.45, 7) is 0. The van der Waals surface area contributed by atoms with Crippen LogP contribution in [0.5, 0.6) is 0 Å². The fourth-order valence-corrected chi connectivity index (χ4v) is 2.97. The summed E-state index contributed by atoms with van der Waals surface area (Å²) in [6.07, 6.45) is 0. The molecule has 0 saturated carbocycles. The van der Waals surface area contributed by atoms with Gasteiger partial charge in [0, 0.05) is 20.1 Å². The molecule has 0 aliphatic heterocycles. The first-order chi connectivity index (χ1) is 9.59. The lowest BCUT2D eigenvalue weighted by molar-refractivity contribution is 1.20. The van der Waals surface area contributed by atoms with Gasteiger partial charge in [-0.25, -0.2) is 0 Å². The van der Waals surface area contributed by atoms with Crippen LogP contribution in [0.2, 0.25) is 0 Å². The van der Waals surface area contributed by atoms with E-state index in [9.17, 15) is 0 Å². The molecule has 0 aliphatic carbocycles. The average Bonchev–Trinajstić information content (AvgIpc) is 2.45. The molecule has 2 aromatic carbocycles. The molecule has 6 heteroatoms. The topological polar surface area (TPSA) is 76.8 Å². The van der Waals surface area contributed by atoms with E-state index in [0.29, 0.717) is 5.84 Å². The fourth-order valence-electron chi connectivity index (χ4n) is 1.57. The molecule has 0 aliphatic rings. The Labute approximate surface area is 133 Å². The van der Waals surface area contributed by atoms with Gasteiger partial charge in [0.15, 0.2) is 11.7 Å². The minimum atomic E-state index is 0.281. The smallest absolute Gasteiger partial charge is 0.155 e. The molecule has 0 atom stereocenters. The summed E-state index contributed by atoms with van der Waals surface area (Å²) < 4.78 is 1.67. The molecule has 0 fully saturated rings. The Bertz CT molecular complexity index is 646. The molecule has 0 unspecified atom stereocenters. The van der Waals surface area contributed by atoms with E-state index in [-0.39, 0.29) is 5.84 Å². The van der Waals surface area contributed by atoms with E-state index in [1.165, 1.54) is 0 Å². The quantitative estimate of drug-likeness (QED) is 0.475. The zero-order chi connectivity index (χ0) is 14.5. The number of hydrogen-bond acceptors (Lipinski definition) is 2. The van der Waals surface area contributed by atoms with Gasteiger partial charge >= 0.3 is 0 Å². The monoisotopic (exact) mass is 394 g/mol. The van der Waals surface area contributed by atoms with Crippen LogP contribution in [-0.2, 0) is 0 Å². The number of halogens is 2. The summed E-state index contributed by atoms with van der Waals surface area (Å²) in [5.41, 5.74) is 13.4. The van der Waals surface area contributed by atoms with Gasteiger partial charge in [-0.05, 0) is 44.0 Å². The average molecular weight is 396 g/mol. The normalized spacial score (nSPS) is 12.5. The van der Waals surface area contributed by atoms with Crippen molar-refractivity contribution in [2.75, 3.05) is 0 Å². The first-order valence-electron chi connectivity index (χ1n) is 5.76. The van der Waals surface area contributed by atoms with E-state index in [2.05, 4.69) is 42.1 Å². The van der Waals surface area contributed by atoms with Crippen LogP contribution in [0.1, 0.15) is 11.1 Å². The predicted molar refractivity (Wildman–Crippen MR) is 89.7 cm³/mol. The van der Waals surface area contributed by atoms with Crippen LogP contribution in [0, 0.1) is 0 Å². The largest absolute Gasteiger partial charge is 0.382 e. The third kappa shape index (κ3) is 3.46. The minimum absolute atomic E-state index is 0.281. The number of rotatable bonds is 3. The van der Waals surface area contributed by atoms with Crippen molar-refractivity contribution in [1.29, 1.82) is 0 Å². The van der Waals surface area contributed by atoms with Crippen molar-refractivity contribution < 1.29 is 0 Å². The summed E-state index contributed by atoms with van der Waals surface area (Å²) in [5.74, 6) is 0.597. The number of amidine groups is 2. The molecule has 4 N–H and O–H groups in total. The van der Waals surface area contributed by atoms with Crippen molar-refractivity contribution >= 4 is 43.5 Å². The number of nitrogens with zero attached hydrogens (tertiary/aromatic N) is 2. The van der Waals surface area contributed by atoms with Gasteiger partial charge < -0.3 is 11.5 Å². The Hall–Kier alpha value is -1.66. The van der Waals surface area contributed by atoms with Crippen LogP contribution in [0.15, 0.2) is 67.7 Å². The lowest BCUT2D eigenvalue weighted by Gasteiger charge is -2.05. The molecule has 0 heterocycles. The second-order valence-corrected chi connectivity index (χ2v) is 5.64. The van der Waals surface area contributed by atoms with Crippen LogP contribution < -0.4 is 11.5 Å². The van der Waals surface area contributed by atoms with Crippen LogP contribution in [0.4, 0.5) is 0 Å². The maximum Gasteiger partial charge on any atom is 0.155 e. The van der Waals surface area contributed by atoms with Gasteiger partial charge in [-0.3, -0.25) is 0 Å². The third-order valence-corrected chi connectivity index (χ3v) is 3.88. The van der Waals surface area contributed by atoms with E-state index in [0.717, 1.165) is 20.1 Å². The highest BCUT2D eigenvalue weighted by molar-refractivity contribution is 9.11. The predicted octanol–water partition coefficient (Wildman–Crippen LogP) is 3.24. The zero-order valence-corrected chi connectivity index (χ0v) is 13.6. The highest BCUT2D eigenvalue weighted by Gasteiger charge is 2.08. The van der Waals surface area contributed by atoms with Gasteiger partial charge in [0.1, 0.15) is 0 Å². The Morgan fingerprint density at radius 1 is 0.750 bits per heavy atom. The van der Waals surface area contributed by atoms with Gasteiger partial charge in [-0.15, -0.1) is 10.2 Å². The SMILES string of the molecule is N/C(=N\N=C(/N)c1c(Br)cccc1Br)c1ccccc1. The Balaban J connectivity index is 2.32. The highest BCUT2D eigenvalue weighted by atomic mass is 79.9. The number of hydrogen-bond donors (Lipinski definition) is 2. The standard InChI is InChI=1S/C14H12Br2N4/c15-10-7-4-8-11(16)12(10)14(18)20-19-13(17)9-5-2-1-3-6-9/h1-8H,(H2,17,19)(H2,18,20). The Morgan fingerprint density at radius 3 is 1.90 bits per heavy atom. The summed E-state index contributed by atoms with van der Waals surface area (Å²) in [4.78, 5) is 0. The second kappa shape index (κ2) is 6.67. The van der Waals surface area contributed by atoms with E-state index in [1.807, 2.05) is 48.5 Å². The maximum atomic E-state index is 5.95. The number of benzene rings is 2. The van der Waals surface area contributed by atoms with Crippen LogP contribution in [0.25, 0.3) is 0 Å². The van der Waals surface area contributed by atoms with Crippen LogP contribution in [0.3, 0.4) is 0 Å². The first kappa shape index (κ1) is 14.7. The molecule has 0 amide bonds. The molecule has 2 aromatic rings. The van der Waals surface area contributed by atoms with E-state index in [1.54, 1.807) is 0 Å². The van der Waals surface area contributed by atoms with Gasteiger partial charge in [0.25, 0.3) is 0 Å². The van der Waals surface area contributed by atoms with E-state index >= 15 is 0 Å². The van der Waals surface area contributed by atoms with Crippen molar-refractivity contribution in [1.82, 2.24) is 0 Å². The highest BCUT2D eigenvalue weighted by Crippen LogP contribution is 2.24. The molecule has 20 heavy (non-hydrogen) atoms. The van der Waals surface area contributed by atoms with Crippen molar-refractivity contribution in [3.05, 3.63) is 68.6 Å². The van der Waals surface area contributed by atoms with Gasteiger partial charge in [-0.1, -0.05) is 36.4 Å². The van der Waals surface area contributed by atoms with Crippen molar-refractivity contribution in [3.8, 4) is 0 Å². The summed E-state index contributed by atoms with van der Waals surface area (Å²) in [6, 6.07) is 15.1. The number of nitrogens with two attached hydrogens (primary N) is 2. The van der Waals surface area contributed by atoms with Crippen molar-refractivity contribution in [2.45, 2.75) is 0 Å². The van der Waals surface area contributed by atoms with Crippen molar-refractivity contribution in [2.24, 2.45) is 21.7 Å². The third-order valence-electron chi connectivity index (χ3n) is 2.55. The summed E-state index contributed by atoms with van der Waals surface area (Å²) >= 11 is 6.86. The lowest BCUT2D eigenvalue weighted by atomic mass is 10.2. The molecular weight excluding hydrogens is 384 g/mol. The summed E-state index contributed by atoms with van der Waals surface area (Å²) in [7, 11) is 0. The van der Waals surface area contributed by atoms with Gasteiger partial charge in [0.05, 0.1) is 0 Å². The fraction of sp³-hybridized carbons (Fsp3) is 0. The Morgan fingerprint density at radius 2 is 1.30 bits per heavy atom. The summed E-state index contributed by atoms with van der Waals surface area (Å²) in [5, 5.41) is 7.96. The maximum absolute atomic E-state index is 5.95. The molecule has 4 nitrogen and oxygen atoms in total. The van der Waals surface area contributed by atoms with E-state index < -0.39 is 0 Å². The van der Waals surface area contributed by atoms with Crippen molar-refractivity contribution in [3.63, 3.8) is 0 Å². The van der Waals surface area contributed by atoms with Crippen LogP contribution in [-0.4, -0.2) is 11.7 Å². The second-order valence-electron chi connectivity index (χ2n) is 3.93. The van der Waals surface area contributed by atoms with Gasteiger partial charge in [0.2, 0.25) is 0 Å². The first-order valence-corrected chi connectivity index (χ1v) is 7.34.